The number of rotatable bonds is 4. The Labute approximate surface area is 96.1 Å². The van der Waals surface area contributed by atoms with Gasteiger partial charge in [0.15, 0.2) is 5.13 Å². The maximum atomic E-state index is 4.55. The highest BCUT2D eigenvalue weighted by Gasteiger charge is 2.21. The number of aromatic nitrogens is 1. The first-order valence-electron chi connectivity index (χ1n) is 6.00. The molecule has 2 nitrogen and oxygen atoms in total. The molecule has 1 aliphatic carbocycles. The van der Waals surface area contributed by atoms with Gasteiger partial charge in [-0.15, -0.1) is 11.3 Å². The van der Waals surface area contributed by atoms with Gasteiger partial charge in [0, 0.05) is 11.4 Å². The molecule has 2 rings (SSSR count). The first-order valence-corrected chi connectivity index (χ1v) is 6.88. The molecule has 3 heteroatoms. The average Bonchev–Trinajstić information content (AvgIpc) is 2.87. The molecule has 15 heavy (non-hydrogen) atoms. The van der Waals surface area contributed by atoms with E-state index in [9.17, 15) is 0 Å². The fourth-order valence-corrected chi connectivity index (χ4v) is 3.20. The monoisotopic (exact) mass is 224 g/mol. The van der Waals surface area contributed by atoms with Crippen molar-refractivity contribution in [1.82, 2.24) is 4.98 Å². The number of hydrogen-bond acceptors (Lipinski definition) is 3. The summed E-state index contributed by atoms with van der Waals surface area (Å²) in [6.07, 6.45) is 6.64. The van der Waals surface area contributed by atoms with Crippen LogP contribution < -0.4 is 5.32 Å². The van der Waals surface area contributed by atoms with Crippen LogP contribution in [0.4, 0.5) is 5.13 Å². The van der Waals surface area contributed by atoms with Crippen LogP contribution in [0.1, 0.15) is 45.2 Å². The average molecular weight is 224 g/mol. The largest absolute Gasteiger partial charge is 0.359 e. The van der Waals surface area contributed by atoms with Gasteiger partial charge in [-0.1, -0.05) is 19.8 Å². The first kappa shape index (κ1) is 10.9. The molecule has 0 amide bonds. The minimum Gasteiger partial charge on any atom is -0.359 e. The summed E-state index contributed by atoms with van der Waals surface area (Å²) < 4.78 is 0. The lowest BCUT2D eigenvalue weighted by Crippen LogP contribution is -2.23. The van der Waals surface area contributed by atoms with Crippen molar-refractivity contribution in [3.8, 4) is 0 Å². The molecule has 1 aliphatic rings. The van der Waals surface area contributed by atoms with Crippen LogP contribution in [-0.4, -0.2) is 11.0 Å². The van der Waals surface area contributed by atoms with Crippen LogP contribution in [0.5, 0.6) is 0 Å². The predicted octanol–water partition coefficient (Wildman–Crippen LogP) is 3.70. The summed E-state index contributed by atoms with van der Waals surface area (Å²) >= 11 is 1.74. The van der Waals surface area contributed by atoms with Crippen LogP contribution in [0, 0.1) is 5.92 Å². The highest BCUT2D eigenvalue weighted by atomic mass is 32.1. The Kier molecular flexibility index (Phi) is 3.62. The molecule has 0 aliphatic heterocycles. The molecule has 1 saturated carbocycles. The maximum Gasteiger partial charge on any atom is 0.183 e. The number of nitrogens with zero attached hydrogens (tertiary/aromatic N) is 1. The number of hydrogen-bond donors (Lipinski definition) is 1. The fourth-order valence-electron chi connectivity index (χ4n) is 2.31. The zero-order valence-corrected chi connectivity index (χ0v) is 10.4. The molecule has 1 unspecified atom stereocenters. The topological polar surface area (TPSA) is 24.9 Å². The number of nitrogens with one attached hydrogen (secondary N) is 1. The maximum absolute atomic E-state index is 4.55. The molecule has 1 aromatic rings. The minimum atomic E-state index is 0.586. The van der Waals surface area contributed by atoms with Gasteiger partial charge in [-0.25, -0.2) is 4.98 Å². The van der Waals surface area contributed by atoms with E-state index in [0.717, 1.165) is 17.5 Å². The van der Waals surface area contributed by atoms with Gasteiger partial charge >= 0.3 is 0 Å². The van der Waals surface area contributed by atoms with Crippen molar-refractivity contribution in [3.05, 3.63) is 11.1 Å². The number of thiazole rings is 1. The van der Waals surface area contributed by atoms with Crippen molar-refractivity contribution in [2.75, 3.05) is 5.32 Å². The van der Waals surface area contributed by atoms with E-state index in [1.807, 2.05) is 0 Å². The Morgan fingerprint density at radius 3 is 2.87 bits per heavy atom. The van der Waals surface area contributed by atoms with Crippen LogP contribution in [0.25, 0.3) is 0 Å². The molecular weight excluding hydrogens is 204 g/mol. The molecule has 0 saturated heterocycles. The van der Waals surface area contributed by atoms with Gasteiger partial charge in [-0.3, -0.25) is 0 Å². The van der Waals surface area contributed by atoms with E-state index in [4.69, 9.17) is 0 Å². The Balaban J connectivity index is 1.89. The van der Waals surface area contributed by atoms with Crippen molar-refractivity contribution >= 4 is 16.5 Å². The van der Waals surface area contributed by atoms with Crippen molar-refractivity contribution in [2.45, 2.75) is 52.0 Å². The van der Waals surface area contributed by atoms with Crippen molar-refractivity contribution in [2.24, 2.45) is 5.92 Å². The summed E-state index contributed by atoms with van der Waals surface area (Å²) in [6, 6.07) is 0.586. The molecule has 84 valence electrons. The van der Waals surface area contributed by atoms with Gasteiger partial charge in [-0.2, -0.15) is 0 Å². The zero-order valence-electron chi connectivity index (χ0n) is 9.62. The molecule has 1 heterocycles. The van der Waals surface area contributed by atoms with Gasteiger partial charge in [0.25, 0.3) is 0 Å². The van der Waals surface area contributed by atoms with Crippen LogP contribution in [0.15, 0.2) is 5.38 Å². The van der Waals surface area contributed by atoms with Crippen LogP contribution in [0.3, 0.4) is 0 Å². The molecule has 0 radical (unpaired) electrons. The summed E-state index contributed by atoms with van der Waals surface area (Å²) in [5, 5.41) is 6.81. The molecule has 0 bridgehead atoms. The van der Waals surface area contributed by atoms with Gasteiger partial charge in [0.05, 0.1) is 5.69 Å². The Hall–Kier alpha value is -0.570. The lowest BCUT2D eigenvalue weighted by molar-refractivity contribution is 0.482. The third-order valence-electron chi connectivity index (χ3n) is 3.37. The molecular formula is C12H20N2S. The highest BCUT2D eigenvalue weighted by Crippen LogP contribution is 2.29. The summed E-state index contributed by atoms with van der Waals surface area (Å²) in [4.78, 5) is 4.55. The summed E-state index contributed by atoms with van der Waals surface area (Å²) in [6.45, 7) is 4.45. The molecule has 0 spiro atoms. The van der Waals surface area contributed by atoms with Crippen LogP contribution in [-0.2, 0) is 6.42 Å². The molecule has 1 fully saturated rings. The Morgan fingerprint density at radius 1 is 1.53 bits per heavy atom. The van der Waals surface area contributed by atoms with Crippen molar-refractivity contribution < 1.29 is 0 Å². The van der Waals surface area contributed by atoms with E-state index < -0.39 is 0 Å². The third kappa shape index (κ3) is 2.71. The molecule has 1 atom stereocenters. The van der Waals surface area contributed by atoms with E-state index in [2.05, 4.69) is 29.5 Å². The summed E-state index contributed by atoms with van der Waals surface area (Å²) in [5.74, 6) is 0.860. The zero-order chi connectivity index (χ0) is 10.7. The van der Waals surface area contributed by atoms with Gasteiger partial charge < -0.3 is 5.32 Å². The Bertz CT molecular complexity index is 302. The molecule has 1 aromatic heterocycles. The van der Waals surface area contributed by atoms with E-state index >= 15 is 0 Å². The third-order valence-corrected chi connectivity index (χ3v) is 4.19. The van der Waals surface area contributed by atoms with E-state index in [0.29, 0.717) is 6.04 Å². The number of anilines is 1. The smallest absolute Gasteiger partial charge is 0.183 e. The van der Waals surface area contributed by atoms with Gasteiger partial charge in [0.1, 0.15) is 0 Å². The SMILES string of the molecule is CCc1csc(NC(C)C2CCCC2)n1. The fraction of sp³-hybridized carbons (Fsp3) is 0.750. The standard InChI is InChI=1S/C12H20N2S/c1-3-11-8-15-12(14-11)13-9(2)10-6-4-5-7-10/h8-10H,3-7H2,1-2H3,(H,13,14). The van der Waals surface area contributed by atoms with Crippen LogP contribution in [0.2, 0.25) is 0 Å². The quantitative estimate of drug-likeness (QED) is 0.843. The minimum absolute atomic E-state index is 0.586. The second-order valence-electron chi connectivity index (χ2n) is 4.48. The van der Waals surface area contributed by atoms with Crippen LogP contribution >= 0.6 is 11.3 Å². The summed E-state index contributed by atoms with van der Waals surface area (Å²) in [5.41, 5.74) is 1.21. The Morgan fingerprint density at radius 2 is 2.27 bits per heavy atom. The summed E-state index contributed by atoms with van der Waals surface area (Å²) in [7, 11) is 0. The normalized spacial score (nSPS) is 19.3. The van der Waals surface area contributed by atoms with E-state index in [-0.39, 0.29) is 0 Å². The first-order chi connectivity index (χ1) is 7.29. The van der Waals surface area contributed by atoms with Crippen molar-refractivity contribution in [1.29, 1.82) is 0 Å². The van der Waals surface area contributed by atoms with Gasteiger partial charge in [-0.05, 0) is 32.1 Å². The lowest BCUT2D eigenvalue weighted by Gasteiger charge is -2.19. The van der Waals surface area contributed by atoms with Gasteiger partial charge in [0.2, 0.25) is 0 Å². The van der Waals surface area contributed by atoms with E-state index in [1.54, 1.807) is 11.3 Å². The van der Waals surface area contributed by atoms with Crippen molar-refractivity contribution in [3.63, 3.8) is 0 Å². The highest BCUT2D eigenvalue weighted by molar-refractivity contribution is 7.13. The predicted molar refractivity (Wildman–Crippen MR) is 66.5 cm³/mol. The second kappa shape index (κ2) is 4.97. The molecule has 0 aromatic carbocycles. The molecule has 1 N–H and O–H groups in total. The lowest BCUT2D eigenvalue weighted by atomic mass is 10.0. The van der Waals surface area contributed by atoms with E-state index in [1.165, 1.54) is 31.4 Å². The number of aryl methyl sites for hydroxylation is 1. The second-order valence-corrected chi connectivity index (χ2v) is 5.33.